The standard InChI is InChI=1S/C27H21FN4O3/c1-17(32-26(34)22-9-5-6-10-23(22)27(32)35)25(33)29-15-19-16-31(21-7-3-2-4-8-21)30-24(19)18-11-13-20(28)14-12-18/h2-14,16-17H,15H2,1H3,(H,29,33). The maximum Gasteiger partial charge on any atom is 0.262 e. The van der Waals surface area contributed by atoms with Gasteiger partial charge in [0.25, 0.3) is 11.8 Å². The van der Waals surface area contributed by atoms with Crippen molar-refractivity contribution >= 4 is 17.7 Å². The summed E-state index contributed by atoms with van der Waals surface area (Å²) in [5, 5.41) is 7.47. The Bertz CT molecular complexity index is 1400. The lowest BCUT2D eigenvalue weighted by Crippen LogP contribution is -2.47. The van der Waals surface area contributed by atoms with E-state index in [0.717, 1.165) is 10.6 Å². The molecule has 2 heterocycles. The summed E-state index contributed by atoms with van der Waals surface area (Å²) in [5.74, 6) is -1.81. The number of hydrogen-bond acceptors (Lipinski definition) is 4. The predicted molar refractivity (Wildman–Crippen MR) is 127 cm³/mol. The fourth-order valence-corrected chi connectivity index (χ4v) is 4.11. The van der Waals surface area contributed by atoms with Gasteiger partial charge >= 0.3 is 0 Å². The first-order valence-electron chi connectivity index (χ1n) is 11.1. The molecule has 8 heteroatoms. The van der Waals surface area contributed by atoms with Crippen molar-refractivity contribution in [1.29, 1.82) is 0 Å². The van der Waals surface area contributed by atoms with Crippen molar-refractivity contribution < 1.29 is 18.8 Å². The second-order valence-corrected chi connectivity index (χ2v) is 8.21. The van der Waals surface area contributed by atoms with Gasteiger partial charge < -0.3 is 5.32 Å². The molecule has 1 aliphatic rings. The van der Waals surface area contributed by atoms with Crippen LogP contribution in [0.1, 0.15) is 33.2 Å². The normalized spacial score (nSPS) is 13.6. The van der Waals surface area contributed by atoms with Gasteiger partial charge in [0.15, 0.2) is 0 Å². The van der Waals surface area contributed by atoms with Crippen molar-refractivity contribution in [2.75, 3.05) is 0 Å². The van der Waals surface area contributed by atoms with E-state index in [1.54, 1.807) is 47.3 Å². The Morgan fingerprint density at radius 2 is 1.51 bits per heavy atom. The Morgan fingerprint density at radius 1 is 0.914 bits per heavy atom. The van der Waals surface area contributed by atoms with Gasteiger partial charge in [-0.3, -0.25) is 19.3 Å². The number of nitrogens with zero attached hydrogens (tertiary/aromatic N) is 3. The zero-order valence-corrected chi connectivity index (χ0v) is 18.8. The van der Waals surface area contributed by atoms with E-state index in [1.165, 1.54) is 19.1 Å². The van der Waals surface area contributed by atoms with E-state index < -0.39 is 23.8 Å². The van der Waals surface area contributed by atoms with Crippen molar-refractivity contribution in [3.63, 3.8) is 0 Å². The number of rotatable bonds is 6. The fourth-order valence-electron chi connectivity index (χ4n) is 4.11. The van der Waals surface area contributed by atoms with Crippen LogP contribution in [-0.4, -0.2) is 38.4 Å². The third-order valence-corrected chi connectivity index (χ3v) is 5.97. The van der Waals surface area contributed by atoms with Crippen LogP contribution in [0, 0.1) is 5.82 Å². The van der Waals surface area contributed by atoms with Crippen LogP contribution in [0.15, 0.2) is 85.1 Å². The van der Waals surface area contributed by atoms with Gasteiger partial charge in [-0.25, -0.2) is 9.07 Å². The summed E-state index contributed by atoms with van der Waals surface area (Å²) in [6.45, 7) is 1.62. The van der Waals surface area contributed by atoms with Crippen LogP contribution in [0.5, 0.6) is 0 Å². The van der Waals surface area contributed by atoms with Gasteiger partial charge in [0.2, 0.25) is 5.91 Å². The summed E-state index contributed by atoms with van der Waals surface area (Å²) in [4.78, 5) is 39.4. The molecule has 1 unspecified atom stereocenters. The van der Waals surface area contributed by atoms with E-state index in [0.29, 0.717) is 27.9 Å². The number of carbonyl (C=O) groups is 3. The lowest BCUT2D eigenvalue weighted by Gasteiger charge is -2.21. The summed E-state index contributed by atoms with van der Waals surface area (Å²) in [7, 11) is 0. The molecule has 5 rings (SSSR count). The smallest absolute Gasteiger partial charge is 0.262 e. The summed E-state index contributed by atoms with van der Waals surface area (Å²) in [6.07, 6.45) is 1.79. The highest BCUT2D eigenvalue weighted by molar-refractivity contribution is 6.22. The molecule has 0 bridgehead atoms. The number of imide groups is 1. The van der Waals surface area contributed by atoms with E-state index >= 15 is 0 Å². The molecule has 174 valence electrons. The monoisotopic (exact) mass is 468 g/mol. The molecular weight excluding hydrogens is 447 g/mol. The molecule has 3 aromatic carbocycles. The zero-order chi connectivity index (χ0) is 24.5. The summed E-state index contributed by atoms with van der Waals surface area (Å²) < 4.78 is 15.2. The number of amides is 3. The van der Waals surface area contributed by atoms with E-state index in [9.17, 15) is 18.8 Å². The zero-order valence-electron chi connectivity index (χ0n) is 18.8. The predicted octanol–water partition coefficient (Wildman–Crippen LogP) is 3.98. The maximum absolute atomic E-state index is 13.5. The SMILES string of the molecule is CC(C(=O)NCc1cn(-c2ccccc2)nc1-c1ccc(F)cc1)N1C(=O)c2ccccc2C1=O. The number of hydrogen-bond donors (Lipinski definition) is 1. The molecule has 0 radical (unpaired) electrons. The molecule has 0 aliphatic carbocycles. The summed E-state index contributed by atoms with van der Waals surface area (Å²) >= 11 is 0. The number of para-hydroxylation sites is 1. The molecule has 1 aliphatic heterocycles. The molecule has 0 fully saturated rings. The molecule has 0 spiro atoms. The molecule has 7 nitrogen and oxygen atoms in total. The molecule has 1 atom stereocenters. The van der Waals surface area contributed by atoms with E-state index in [2.05, 4.69) is 10.4 Å². The Kier molecular flexibility index (Phi) is 5.70. The highest BCUT2D eigenvalue weighted by Crippen LogP contribution is 2.26. The van der Waals surface area contributed by atoms with Gasteiger partial charge in [-0.2, -0.15) is 5.10 Å². The average Bonchev–Trinajstić information content (AvgIpc) is 3.42. The quantitative estimate of drug-likeness (QED) is 0.434. The Morgan fingerprint density at radius 3 is 2.14 bits per heavy atom. The molecule has 4 aromatic rings. The molecule has 0 saturated heterocycles. The molecule has 35 heavy (non-hydrogen) atoms. The summed E-state index contributed by atoms with van der Waals surface area (Å²) in [6, 6.07) is 20.9. The topological polar surface area (TPSA) is 84.3 Å². The Labute approximate surface area is 200 Å². The number of benzene rings is 3. The maximum atomic E-state index is 13.5. The van der Waals surface area contributed by atoms with Crippen LogP contribution in [0.4, 0.5) is 4.39 Å². The lowest BCUT2D eigenvalue weighted by molar-refractivity contribution is -0.124. The van der Waals surface area contributed by atoms with Crippen LogP contribution in [0.3, 0.4) is 0 Å². The van der Waals surface area contributed by atoms with Crippen LogP contribution >= 0.6 is 0 Å². The third kappa shape index (κ3) is 4.10. The van der Waals surface area contributed by atoms with Crippen LogP contribution in [0.25, 0.3) is 16.9 Å². The first-order valence-corrected chi connectivity index (χ1v) is 11.1. The molecular formula is C27H21FN4O3. The lowest BCUT2D eigenvalue weighted by atomic mass is 10.1. The van der Waals surface area contributed by atoms with Gasteiger partial charge in [0, 0.05) is 23.9 Å². The van der Waals surface area contributed by atoms with Crippen molar-refractivity contribution in [2.24, 2.45) is 0 Å². The Balaban J connectivity index is 1.38. The fraction of sp³-hybridized carbons (Fsp3) is 0.111. The van der Waals surface area contributed by atoms with Crippen molar-refractivity contribution in [1.82, 2.24) is 20.0 Å². The number of fused-ring (bicyclic) bond motifs is 1. The first kappa shape index (κ1) is 22.2. The van der Waals surface area contributed by atoms with Gasteiger partial charge in [-0.05, 0) is 55.5 Å². The van der Waals surface area contributed by atoms with Gasteiger partial charge in [0.1, 0.15) is 11.9 Å². The van der Waals surface area contributed by atoms with Crippen LogP contribution in [-0.2, 0) is 11.3 Å². The number of halogens is 1. The molecule has 0 saturated carbocycles. The highest BCUT2D eigenvalue weighted by Gasteiger charge is 2.40. The first-order chi connectivity index (χ1) is 16.9. The second kappa shape index (κ2) is 8.98. The van der Waals surface area contributed by atoms with E-state index in [-0.39, 0.29) is 12.4 Å². The van der Waals surface area contributed by atoms with Crippen LogP contribution < -0.4 is 5.32 Å². The van der Waals surface area contributed by atoms with Crippen molar-refractivity contribution in [3.8, 4) is 16.9 Å². The minimum absolute atomic E-state index is 0.103. The van der Waals surface area contributed by atoms with Crippen molar-refractivity contribution in [3.05, 3.63) is 108 Å². The van der Waals surface area contributed by atoms with Gasteiger partial charge in [-0.1, -0.05) is 30.3 Å². The minimum Gasteiger partial charge on any atom is -0.350 e. The molecule has 1 N–H and O–H groups in total. The molecule has 3 amide bonds. The number of aromatic nitrogens is 2. The Hall–Kier alpha value is -4.59. The van der Waals surface area contributed by atoms with E-state index in [4.69, 9.17) is 0 Å². The summed E-state index contributed by atoms with van der Waals surface area (Å²) in [5.41, 5.74) is 3.39. The number of carbonyl (C=O) groups excluding carboxylic acids is 3. The second-order valence-electron chi connectivity index (χ2n) is 8.21. The van der Waals surface area contributed by atoms with Gasteiger partial charge in [-0.15, -0.1) is 0 Å². The van der Waals surface area contributed by atoms with Crippen molar-refractivity contribution in [2.45, 2.75) is 19.5 Å². The highest BCUT2D eigenvalue weighted by atomic mass is 19.1. The number of nitrogens with one attached hydrogen (secondary N) is 1. The van der Waals surface area contributed by atoms with Crippen LogP contribution in [0.2, 0.25) is 0 Å². The van der Waals surface area contributed by atoms with Gasteiger partial charge in [0.05, 0.1) is 22.5 Å². The average molecular weight is 468 g/mol. The molecule has 1 aromatic heterocycles. The van der Waals surface area contributed by atoms with E-state index in [1.807, 2.05) is 30.3 Å². The minimum atomic E-state index is -0.999. The third-order valence-electron chi connectivity index (χ3n) is 5.97. The largest absolute Gasteiger partial charge is 0.350 e.